The van der Waals surface area contributed by atoms with Gasteiger partial charge in [0.25, 0.3) is 5.91 Å². The molecule has 0 aliphatic rings. The number of carbonyl (C=O) groups excluding carboxylic acids is 1. The molecule has 0 aromatic heterocycles. The molecule has 0 saturated carbocycles. The van der Waals surface area contributed by atoms with Crippen LogP contribution < -0.4 is 19.7 Å². The van der Waals surface area contributed by atoms with E-state index in [0.29, 0.717) is 13.2 Å². The van der Waals surface area contributed by atoms with Crippen molar-refractivity contribution in [3.63, 3.8) is 0 Å². The number of quaternary nitrogens is 1. The number of hydrogen-bond donors (Lipinski definition) is 2. The number of amides is 1. The highest BCUT2D eigenvalue weighted by molar-refractivity contribution is 5.91. The molecule has 2 N–H and O–H groups in total. The van der Waals surface area contributed by atoms with E-state index < -0.39 is 0 Å². The van der Waals surface area contributed by atoms with Crippen molar-refractivity contribution in [2.45, 2.75) is 0 Å². The van der Waals surface area contributed by atoms with Gasteiger partial charge < -0.3 is 19.7 Å². The van der Waals surface area contributed by atoms with Crippen LogP contribution in [0.4, 0.5) is 5.69 Å². The van der Waals surface area contributed by atoms with Crippen molar-refractivity contribution in [2.75, 3.05) is 39.2 Å². The summed E-state index contributed by atoms with van der Waals surface area (Å²) in [5.74, 6) is 1.60. The second-order valence-electron chi connectivity index (χ2n) is 5.32. The summed E-state index contributed by atoms with van der Waals surface area (Å²) in [6.07, 6.45) is 0. The van der Waals surface area contributed by atoms with Crippen LogP contribution in [-0.2, 0) is 4.79 Å². The highest BCUT2D eigenvalue weighted by Crippen LogP contribution is 2.14. The van der Waals surface area contributed by atoms with Gasteiger partial charge in [-0.05, 0) is 36.4 Å². The Hall–Kier alpha value is -2.53. The van der Waals surface area contributed by atoms with E-state index in [0.717, 1.165) is 28.6 Å². The molecule has 23 heavy (non-hydrogen) atoms. The van der Waals surface area contributed by atoms with Gasteiger partial charge >= 0.3 is 0 Å². The van der Waals surface area contributed by atoms with Gasteiger partial charge in [-0.1, -0.05) is 18.2 Å². The molecule has 2 rings (SSSR count). The number of rotatable bonds is 8. The first-order valence-electron chi connectivity index (χ1n) is 7.60. The molecule has 1 atom stereocenters. The van der Waals surface area contributed by atoms with Crippen molar-refractivity contribution in [1.29, 1.82) is 0 Å². The molecule has 2 aromatic carbocycles. The van der Waals surface area contributed by atoms with Crippen molar-refractivity contribution in [3.8, 4) is 11.5 Å². The Morgan fingerprint density at radius 3 is 2.39 bits per heavy atom. The third-order valence-electron chi connectivity index (χ3n) is 3.38. The van der Waals surface area contributed by atoms with E-state index in [9.17, 15) is 4.79 Å². The molecule has 0 heterocycles. The second-order valence-corrected chi connectivity index (χ2v) is 5.32. The lowest BCUT2D eigenvalue weighted by molar-refractivity contribution is -0.871. The number of likely N-dealkylation sites (N-methyl/N-ethyl adjacent to an activating group) is 1. The average molecular weight is 315 g/mol. The Morgan fingerprint density at radius 1 is 1.04 bits per heavy atom. The van der Waals surface area contributed by atoms with Gasteiger partial charge in [0, 0.05) is 5.69 Å². The van der Waals surface area contributed by atoms with Gasteiger partial charge in [-0.15, -0.1) is 0 Å². The standard InChI is InChI=1S/C18H22N2O3/c1-20(12-13-23-17-6-4-3-5-7-17)14-18(21)19-15-8-10-16(22-2)11-9-15/h3-11H,12-14H2,1-2H3,(H,19,21)/p+1. The van der Waals surface area contributed by atoms with Gasteiger partial charge in [0.15, 0.2) is 6.54 Å². The minimum Gasteiger partial charge on any atom is -0.497 e. The highest BCUT2D eigenvalue weighted by atomic mass is 16.5. The minimum absolute atomic E-state index is 0.0209. The van der Waals surface area contributed by atoms with Crippen LogP contribution in [0.3, 0.4) is 0 Å². The average Bonchev–Trinajstić information content (AvgIpc) is 2.56. The lowest BCUT2D eigenvalue weighted by atomic mass is 10.3. The van der Waals surface area contributed by atoms with Crippen molar-refractivity contribution in [1.82, 2.24) is 0 Å². The Morgan fingerprint density at radius 2 is 1.74 bits per heavy atom. The van der Waals surface area contributed by atoms with Crippen LogP contribution in [0.1, 0.15) is 0 Å². The zero-order chi connectivity index (χ0) is 16.5. The van der Waals surface area contributed by atoms with Crippen LogP contribution in [0.5, 0.6) is 11.5 Å². The summed E-state index contributed by atoms with van der Waals surface area (Å²) in [6, 6.07) is 17.0. The molecule has 0 aliphatic heterocycles. The molecule has 0 bridgehead atoms. The molecule has 1 unspecified atom stereocenters. The predicted octanol–water partition coefficient (Wildman–Crippen LogP) is 1.23. The van der Waals surface area contributed by atoms with Crippen molar-refractivity contribution in [3.05, 3.63) is 54.6 Å². The molecular weight excluding hydrogens is 292 g/mol. The number of hydrogen-bond acceptors (Lipinski definition) is 3. The summed E-state index contributed by atoms with van der Waals surface area (Å²) in [6.45, 7) is 1.72. The van der Waals surface area contributed by atoms with Crippen molar-refractivity contribution < 1.29 is 19.2 Å². The zero-order valence-corrected chi connectivity index (χ0v) is 13.5. The maximum absolute atomic E-state index is 12.0. The molecule has 0 aliphatic carbocycles. The number of benzene rings is 2. The molecule has 0 saturated heterocycles. The van der Waals surface area contributed by atoms with Gasteiger partial charge in [0.1, 0.15) is 24.7 Å². The summed E-state index contributed by atoms with van der Waals surface area (Å²) in [5.41, 5.74) is 0.768. The summed E-state index contributed by atoms with van der Waals surface area (Å²) in [7, 11) is 3.59. The minimum atomic E-state index is -0.0209. The molecular formula is C18H23N2O3+. The number of para-hydroxylation sites is 1. The van der Waals surface area contributed by atoms with E-state index in [2.05, 4.69) is 5.32 Å². The highest BCUT2D eigenvalue weighted by Gasteiger charge is 2.10. The molecule has 122 valence electrons. The summed E-state index contributed by atoms with van der Waals surface area (Å²) in [4.78, 5) is 13.1. The van der Waals surface area contributed by atoms with E-state index >= 15 is 0 Å². The van der Waals surface area contributed by atoms with E-state index in [1.165, 1.54) is 0 Å². The summed E-state index contributed by atoms with van der Waals surface area (Å²) >= 11 is 0. The molecule has 1 amide bonds. The predicted molar refractivity (Wildman–Crippen MR) is 90.2 cm³/mol. The quantitative estimate of drug-likeness (QED) is 0.770. The molecule has 2 aromatic rings. The van der Waals surface area contributed by atoms with Crippen LogP contribution >= 0.6 is 0 Å². The fourth-order valence-electron chi connectivity index (χ4n) is 2.10. The second kappa shape index (κ2) is 8.80. The van der Waals surface area contributed by atoms with Crippen LogP contribution in [0.2, 0.25) is 0 Å². The monoisotopic (exact) mass is 315 g/mol. The Labute approximate surface area is 136 Å². The van der Waals surface area contributed by atoms with E-state index in [4.69, 9.17) is 9.47 Å². The first kappa shape index (κ1) is 16.8. The van der Waals surface area contributed by atoms with Crippen LogP contribution in [0.25, 0.3) is 0 Å². The number of methoxy groups -OCH3 is 1. The number of ether oxygens (including phenoxy) is 2. The van der Waals surface area contributed by atoms with Gasteiger partial charge in [-0.25, -0.2) is 0 Å². The molecule has 0 fully saturated rings. The van der Waals surface area contributed by atoms with E-state index in [-0.39, 0.29) is 5.91 Å². The Kier molecular flexibility index (Phi) is 6.44. The number of carbonyl (C=O) groups is 1. The van der Waals surface area contributed by atoms with Crippen molar-refractivity contribution >= 4 is 11.6 Å². The van der Waals surface area contributed by atoms with Gasteiger partial charge in [-0.3, -0.25) is 4.79 Å². The molecule has 0 radical (unpaired) electrons. The fourth-order valence-corrected chi connectivity index (χ4v) is 2.10. The largest absolute Gasteiger partial charge is 0.497 e. The molecule has 0 spiro atoms. The van der Waals surface area contributed by atoms with Gasteiger partial charge in [0.2, 0.25) is 0 Å². The van der Waals surface area contributed by atoms with Crippen LogP contribution in [0, 0.1) is 0 Å². The SMILES string of the molecule is COc1ccc(NC(=O)C[NH+](C)CCOc2ccccc2)cc1. The molecule has 5 nitrogen and oxygen atoms in total. The van der Waals surface area contributed by atoms with Crippen LogP contribution in [-0.4, -0.2) is 39.8 Å². The lowest BCUT2D eigenvalue weighted by Gasteiger charge is -2.14. The maximum Gasteiger partial charge on any atom is 0.279 e. The van der Waals surface area contributed by atoms with Crippen molar-refractivity contribution in [2.24, 2.45) is 0 Å². The maximum atomic E-state index is 12.0. The topological polar surface area (TPSA) is 52.0 Å². The summed E-state index contributed by atoms with van der Waals surface area (Å²) < 4.78 is 10.7. The zero-order valence-electron chi connectivity index (χ0n) is 13.5. The Balaban J connectivity index is 1.69. The number of anilines is 1. The fraction of sp³-hybridized carbons (Fsp3) is 0.278. The van der Waals surface area contributed by atoms with Gasteiger partial charge in [-0.2, -0.15) is 0 Å². The lowest BCUT2D eigenvalue weighted by Crippen LogP contribution is -3.10. The normalized spacial score (nSPS) is 11.6. The first-order valence-corrected chi connectivity index (χ1v) is 7.60. The first-order chi connectivity index (χ1) is 11.2. The third-order valence-corrected chi connectivity index (χ3v) is 3.38. The third kappa shape index (κ3) is 6.00. The van der Waals surface area contributed by atoms with E-state index in [1.807, 2.05) is 61.6 Å². The molecule has 5 heteroatoms. The number of nitrogens with one attached hydrogen (secondary N) is 2. The van der Waals surface area contributed by atoms with Crippen LogP contribution in [0.15, 0.2) is 54.6 Å². The Bertz CT molecular complexity index is 599. The van der Waals surface area contributed by atoms with E-state index in [1.54, 1.807) is 7.11 Å². The smallest absolute Gasteiger partial charge is 0.279 e. The van der Waals surface area contributed by atoms with Gasteiger partial charge in [0.05, 0.1) is 14.2 Å². The summed E-state index contributed by atoms with van der Waals surface area (Å²) in [5, 5.41) is 2.88.